The molecule has 0 amide bonds. The van der Waals surface area contributed by atoms with Crippen LogP contribution in [0.1, 0.15) is 17.8 Å². The molecule has 6 nitrogen and oxygen atoms in total. The monoisotopic (exact) mass is 357 g/mol. The maximum absolute atomic E-state index is 12.1. The molecule has 1 spiro atoms. The maximum Gasteiger partial charge on any atom is 0.281 e. The van der Waals surface area contributed by atoms with Gasteiger partial charge in [0.25, 0.3) is 10.2 Å². The highest BCUT2D eigenvalue weighted by Crippen LogP contribution is 2.47. The van der Waals surface area contributed by atoms with E-state index in [-0.39, 0.29) is 10.9 Å². The highest BCUT2D eigenvalue weighted by atomic mass is 32.2. The number of pyridine rings is 1. The van der Waals surface area contributed by atoms with Crippen molar-refractivity contribution in [2.24, 2.45) is 0 Å². The minimum Gasteiger partial charge on any atom is -0.371 e. The third-order valence-electron chi connectivity index (χ3n) is 4.30. The van der Waals surface area contributed by atoms with Crippen molar-refractivity contribution in [2.45, 2.75) is 30.8 Å². The molecule has 3 rings (SSSR count). The third kappa shape index (κ3) is 3.56. The van der Waals surface area contributed by atoms with Crippen LogP contribution < -0.4 is 0 Å². The fraction of sp³-hybridized carbons (Fsp3) is 0.667. The van der Waals surface area contributed by atoms with Gasteiger partial charge < -0.3 is 4.74 Å². The summed E-state index contributed by atoms with van der Waals surface area (Å²) < 4.78 is 33.0. The molecular weight excluding hydrogens is 334 g/mol. The predicted octanol–water partition coefficient (Wildman–Crippen LogP) is 1.27. The Labute approximate surface area is 142 Å². The van der Waals surface area contributed by atoms with E-state index in [4.69, 9.17) is 4.74 Å². The number of hydrogen-bond donors (Lipinski definition) is 0. The van der Waals surface area contributed by atoms with E-state index in [9.17, 15) is 8.42 Å². The van der Waals surface area contributed by atoms with Gasteiger partial charge in [-0.15, -0.1) is 11.8 Å². The Bertz CT molecular complexity index is 672. The zero-order valence-corrected chi connectivity index (χ0v) is 15.4. The molecule has 0 aromatic carbocycles. The van der Waals surface area contributed by atoms with Crippen molar-refractivity contribution in [3.8, 4) is 0 Å². The highest BCUT2D eigenvalue weighted by Gasteiger charge is 2.53. The van der Waals surface area contributed by atoms with E-state index in [0.717, 1.165) is 23.6 Å². The highest BCUT2D eigenvalue weighted by molar-refractivity contribution is 8.01. The zero-order valence-electron chi connectivity index (χ0n) is 13.7. The SMILES string of the molecule is Cc1cccc(COC2CSC3(C2)CN(S(=O)(=O)N(C)C)C3)n1. The van der Waals surface area contributed by atoms with Gasteiger partial charge in [-0.1, -0.05) is 6.07 Å². The standard InChI is InChI=1S/C15H23N3O3S2/c1-12-5-4-6-13(16-12)8-21-14-7-15(22-9-14)10-18(11-15)23(19,20)17(2)3/h4-6,14H,7-11H2,1-3H3. The van der Waals surface area contributed by atoms with Gasteiger partial charge >= 0.3 is 0 Å². The fourth-order valence-corrected chi connectivity index (χ4v) is 6.00. The second-order valence-electron chi connectivity index (χ2n) is 6.46. The third-order valence-corrected chi connectivity index (χ3v) is 7.71. The molecular formula is C15H23N3O3S2. The molecule has 23 heavy (non-hydrogen) atoms. The van der Waals surface area contributed by atoms with Crippen LogP contribution in [0.3, 0.4) is 0 Å². The zero-order chi connectivity index (χ0) is 16.7. The molecule has 2 fully saturated rings. The van der Waals surface area contributed by atoms with Crippen molar-refractivity contribution in [3.63, 3.8) is 0 Å². The molecule has 2 aliphatic heterocycles. The van der Waals surface area contributed by atoms with Crippen LogP contribution in [0.25, 0.3) is 0 Å². The summed E-state index contributed by atoms with van der Waals surface area (Å²) >= 11 is 1.84. The van der Waals surface area contributed by atoms with Crippen LogP contribution in [0, 0.1) is 6.92 Å². The Balaban J connectivity index is 1.50. The van der Waals surface area contributed by atoms with Crippen molar-refractivity contribution < 1.29 is 13.2 Å². The van der Waals surface area contributed by atoms with E-state index in [2.05, 4.69) is 4.98 Å². The Morgan fingerprint density at radius 2 is 2.17 bits per heavy atom. The van der Waals surface area contributed by atoms with Gasteiger partial charge in [-0.25, -0.2) is 0 Å². The number of hydrogen-bond acceptors (Lipinski definition) is 5. The predicted molar refractivity (Wildman–Crippen MR) is 91.5 cm³/mol. The van der Waals surface area contributed by atoms with Crippen LogP contribution in [-0.4, -0.2) is 65.8 Å². The minimum absolute atomic E-state index is 0.0355. The van der Waals surface area contributed by atoms with Gasteiger partial charge in [0.1, 0.15) is 0 Å². The Morgan fingerprint density at radius 3 is 2.83 bits per heavy atom. The lowest BCUT2D eigenvalue weighted by Gasteiger charge is -2.46. The summed E-state index contributed by atoms with van der Waals surface area (Å²) in [6.07, 6.45) is 1.08. The van der Waals surface area contributed by atoms with Crippen LogP contribution in [0.15, 0.2) is 18.2 Å². The normalized spacial score (nSPS) is 24.3. The summed E-state index contributed by atoms with van der Waals surface area (Å²) in [5.74, 6) is 0.918. The molecule has 1 aromatic rings. The number of rotatable bonds is 5. The second-order valence-corrected chi connectivity index (χ2v) is 10.1. The summed E-state index contributed by atoms with van der Waals surface area (Å²) in [6.45, 7) is 3.65. The van der Waals surface area contributed by atoms with Gasteiger partial charge in [0.15, 0.2) is 0 Å². The molecule has 3 heterocycles. The molecule has 1 atom stereocenters. The van der Waals surface area contributed by atoms with Crippen molar-refractivity contribution in [1.82, 2.24) is 13.6 Å². The van der Waals surface area contributed by atoms with Crippen molar-refractivity contribution in [2.75, 3.05) is 32.9 Å². The van der Waals surface area contributed by atoms with Crippen LogP contribution in [-0.2, 0) is 21.6 Å². The molecule has 0 aliphatic carbocycles. The van der Waals surface area contributed by atoms with Gasteiger partial charge in [0.05, 0.1) is 18.4 Å². The summed E-state index contributed by atoms with van der Waals surface area (Å²) in [4.78, 5) is 4.44. The van der Waals surface area contributed by atoms with E-state index >= 15 is 0 Å². The van der Waals surface area contributed by atoms with Gasteiger partial charge in [-0.3, -0.25) is 4.98 Å². The topological polar surface area (TPSA) is 62.7 Å². The Kier molecular flexibility index (Phi) is 4.72. The average Bonchev–Trinajstić information content (AvgIpc) is 2.88. The average molecular weight is 358 g/mol. The summed E-state index contributed by atoms with van der Waals surface area (Å²) in [6, 6.07) is 5.93. The van der Waals surface area contributed by atoms with Gasteiger partial charge in [-0.2, -0.15) is 17.0 Å². The minimum atomic E-state index is -3.28. The quantitative estimate of drug-likeness (QED) is 0.794. The summed E-state index contributed by atoms with van der Waals surface area (Å²) in [7, 11) is -0.134. The maximum atomic E-state index is 12.1. The molecule has 2 saturated heterocycles. The van der Waals surface area contributed by atoms with Gasteiger partial charge in [0, 0.05) is 43.4 Å². The van der Waals surface area contributed by atoms with E-state index in [1.165, 1.54) is 4.31 Å². The number of thioether (sulfide) groups is 1. The summed E-state index contributed by atoms with van der Waals surface area (Å²) in [5, 5.41) is 0. The second kappa shape index (κ2) is 6.33. The van der Waals surface area contributed by atoms with Gasteiger partial charge in [0.2, 0.25) is 0 Å². The number of nitrogens with zero attached hydrogens (tertiary/aromatic N) is 3. The molecule has 8 heteroatoms. The molecule has 0 bridgehead atoms. The first-order chi connectivity index (χ1) is 10.8. The number of ether oxygens (including phenoxy) is 1. The van der Waals surface area contributed by atoms with Crippen molar-refractivity contribution in [1.29, 1.82) is 0 Å². The van der Waals surface area contributed by atoms with Crippen molar-refractivity contribution in [3.05, 3.63) is 29.6 Å². The lowest BCUT2D eigenvalue weighted by atomic mass is 9.95. The Morgan fingerprint density at radius 1 is 1.43 bits per heavy atom. The first kappa shape index (κ1) is 17.2. The Hall–Kier alpha value is -0.670. The van der Waals surface area contributed by atoms with E-state index in [1.54, 1.807) is 18.4 Å². The largest absolute Gasteiger partial charge is 0.371 e. The van der Waals surface area contributed by atoms with Crippen LogP contribution in [0.4, 0.5) is 0 Å². The molecule has 2 aliphatic rings. The molecule has 128 valence electrons. The molecule has 0 N–H and O–H groups in total. The van der Waals surface area contributed by atoms with Gasteiger partial charge in [-0.05, 0) is 25.5 Å². The lowest BCUT2D eigenvalue weighted by Crippen LogP contribution is -2.62. The van der Waals surface area contributed by atoms with E-state index in [0.29, 0.717) is 19.7 Å². The molecule has 1 aromatic heterocycles. The number of aryl methyl sites for hydroxylation is 1. The van der Waals surface area contributed by atoms with Crippen molar-refractivity contribution >= 4 is 22.0 Å². The lowest BCUT2D eigenvalue weighted by molar-refractivity contribution is 0.0376. The molecule has 0 saturated carbocycles. The first-order valence-corrected chi connectivity index (χ1v) is 10.0. The molecule has 0 radical (unpaired) electrons. The smallest absolute Gasteiger partial charge is 0.281 e. The molecule has 1 unspecified atom stereocenters. The first-order valence-electron chi connectivity index (χ1n) is 7.66. The van der Waals surface area contributed by atoms with Crippen LogP contribution in [0.5, 0.6) is 0 Å². The summed E-state index contributed by atoms with van der Waals surface area (Å²) in [5.41, 5.74) is 1.94. The van der Waals surface area contributed by atoms with Crippen LogP contribution >= 0.6 is 11.8 Å². The van der Waals surface area contributed by atoms with E-state index in [1.807, 2.05) is 36.9 Å². The fourth-order valence-electron chi connectivity index (χ4n) is 3.00. The van der Waals surface area contributed by atoms with E-state index < -0.39 is 10.2 Å². The number of aromatic nitrogens is 1. The van der Waals surface area contributed by atoms with Crippen LogP contribution in [0.2, 0.25) is 0 Å².